The van der Waals surface area contributed by atoms with Gasteiger partial charge in [0.2, 0.25) is 5.91 Å². The number of piperazine rings is 1. The summed E-state index contributed by atoms with van der Waals surface area (Å²) in [5.41, 5.74) is 3.09. The summed E-state index contributed by atoms with van der Waals surface area (Å²) in [6, 6.07) is 17.2. The van der Waals surface area contributed by atoms with E-state index in [1.807, 2.05) is 63.7 Å². The van der Waals surface area contributed by atoms with Gasteiger partial charge in [-0.1, -0.05) is 29.8 Å². The van der Waals surface area contributed by atoms with Crippen molar-refractivity contribution in [2.75, 3.05) is 44.2 Å². The highest BCUT2D eigenvalue weighted by atomic mass is 35.5. The van der Waals surface area contributed by atoms with Crippen molar-refractivity contribution in [1.82, 2.24) is 14.8 Å². The standard InChI is InChI=1S/C28H28ClN5O2S/c29-24-4-2-1-3-22(24)17-26(35)33-11-9-21(10-12-33)27-31-25(19-37-27)28(36)34-15-13-32(14-16-34)23-7-5-20(18-30)6-8-23/h1-8,19,21H,9-17H2. The Labute approximate surface area is 225 Å². The Hall–Kier alpha value is -3.41. The van der Waals surface area contributed by atoms with E-state index in [9.17, 15) is 9.59 Å². The highest BCUT2D eigenvalue weighted by Gasteiger charge is 2.28. The number of aromatic nitrogens is 1. The van der Waals surface area contributed by atoms with Crippen LogP contribution in [0.5, 0.6) is 0 Å². The Morgan fingerprint density at radius 1 is 0.973 bits per heavy atom. The van der Waals surface area contributed by atoms with Gasteiger partial charge in [-0.15, -0.1) is 11.3 Å². The zero-order chi connectivity index (χ0) is 25.8. The van der Waals surface area contributed by atoms with E-state index in [0.717, 1.165) is 42.2 Å². The van der Waals surface area contributed by atoms with Crippen LogP contribution in [0, 0.1) is 11.3 Å². The molecule has 3 aromatic rings. The van der Waals surface area contributed by atoms with E-state index in [0.29, 0.717) is 48.9 Å². The van der Waals surface area contributed by atoms with Gasteiger partial charge < -0.3 is 14.7 Å². The number of halogens is 1. The van der Waals surface area contributed by atoms with Crippen LogP contribution >= 0.6 is 22.9 Å². The second-order valence-electron chi connectivity index (χ2n) is 9.43. The molecule has 190 valence electrons. The van der Waals surface area contributed by atoms with Crippen molar-refractivity contribution in [1.29, 1.82) is 5.26 Å². The summed E-state index contributed by atoms with van der Waals surface area (Å²) in [4.78, 5) is 36.6. The molecule has 0 N–H and O–H groups in total. The number of nitrogens with zero attached hydrogens (tertiary/aromatic N) is 5. The first-order valence-corrected chi connectivity index (χ1v) is 13.8. The van der Waals surface area contributed by atoms with Crippen LogP contribution in [0.4, 0.5) is 5.69 Å². The van der Waals surface area contributed by atoms with E-state index in [1.54, 1.807) is 11.3 Å². The predicted molar refractivity (Wildman–Crippen MR) is 145 cm³/mol. The molecule has 5 rings (SSSR count). The molecule has 2 saturated heterocycles. The van der Waals surface area contributed by atoms with Crippen LogP contribution in [0.25, 0.3) is 0 Å². The third kappa shape index (κ3) is 5.79. The van der Waals surface area contributed by atoms with Crippen molar-refractivity contribution >= 4 is 40.4 Å². The molecular formula is C28H28ClN5O2S. The lowest BCUT2D eigenvalue weighted by Gasteiger charge is -2.35. The van der Waals surface area contributed by atoms with Gasteiger partial charge in [0, 0.05) is 61.3 Å². The molecule has 7 nitrogen and oxygen atoms in total. The maximum atomic E-state index is 13.1. The van der Waals surface area contributed by atoms with Gasteiger partial charge in [0.1, 0.15) is 5.69 Å². The minimum atomic E-state index is -0.0191. The summed E-state index contributed by atoms with van der Waals surface area (Å²) in [6.45, 7) is 4.14. The van der Waals surface area contributed by atoms with E-state index >= 15 is 0 Å². The maximum Gasteiger partial charge on any atom is 0.273 e. The molecule has 0 spiro atoms. The van der Waals surface area contributed by atoms with Crippen LogP contribution in [0.15, 0.2) is 53.9 Å². The van der Waals surface area contributed by atoms with E-state index in [4.69, 9.17) is 21.8 Å². The van der Waals surface area contributed by atoms with Crippen LogP contribution in [0.3, 0.4) is 0 Å². The van der Waals surface area contributed by atoms with Gasteiger partial charge in [-0.2, -0.15) is 5.26 Å². The molecule has 1 aromatic heterocycles. The zero-order valence-corrected chi connectivity index (χ0v) is 22.0. The lowest BCUT2D eigenvalue weighted by molar-refractivity contribution is -0.131. The van der Waals surface area contributed by atoms with Crippen LogP contribution in [0.2, 0.25) is 5.02 Å². The number of hydrogen-bond acceptors (Lipinski definition) is 6. The number of piperidine rings is 1. The van der Waals surface area contributed by atoms with Gasteiger partial charge in [0.25, 0.3) is 5.91 Å². The van der Waals surface area contributed by atoms with Crippen molar-refractivity contribution < 1.29 is 9.59 Å². The lowest BCUT2D eigenvalue weighted by atomic mass is 9.97. The topological polar surface area (TPSA) is 80.5 Å². The smallest absolute Gasteiger partial charge is 0.273 e. The molecule has 2 aliphatic rings. The molecule has 0 aliphatic carbocycles. The molecule has 2 amide bonds. The zero-order valence-electron chi connectivity index (χ0n) is 20.5. The van der Waals surface area contributed by atoms with E-state index < -0.39 is 0 Å². The van der Waals surface area contributed by atoms with Crippen molar-refractivity contribution in [3.63, 3.8) is 0 Å². The third-order valence-electron chi connectivity index (χ3n) is 7.17. The first-order chi connectivity index (χ1) is 18.0. The Balaban J connectivity index is 1.12. The quantitative estimate of drug-likeness (QED) is 0.479. The molecule has 0 atom stereocenters. The van der Waals surface area contributed by atoms with Gasteiger partial charge in [0.15, 0.2) is 0 Å². The molecule has 2 aliphatic heterocycles. The minimum absolute atomic E-state index is 0.0191. The summed E-state index contributed by atoms with van der Waals surface area (Å²) in [7, 11) is 0. The number of anilines is 1. The first kappa shape index (κ1) is 25.2. The molecular weight excluding hydrogens is 506 g/mol. The summed E-state index contributed by atoms with van der Waals surface area (Å²) < 4.78 is 0. The highest BCUT2D eigenvalue weighted by molar-refractivity contribution is 7.09. The number of benzene rings is 2. The minimum Gasteiger partial charge on any atom is -0.368 e. The van der Waals surface area contributed by atoms with Gasteiger partial charge >= 0.3 is 0 Å². The average molecular weight is 534 g/mol. The molecule has 0 bridgehead atoms. The number of hydrogen-bond donors (Lipinski definition) is 0. The van der Waals surface area contributed by atoms with Gasteiger partial charge in [-0.05, 0) is 48.7 Å². The molecule has 0 radical (unpaired) electrons. The average Bonchev–Trinajstić information content (AvgIpc) is 3.44. The first-order valence-electron chi connectivity index (χ1n) is 12.5. The summed E-state index contributed by atoms with van der Waals surface area (Å²) in [6.07, 6.45) is 2.01. The molecule has 0 unspecified atom stereocenters. The number of likely N-dealkylation sites (tertiary alicyclic amines) is 1. The summed E-state index contributed by atoms with van der Waals surface area (Å²) in [5, 5.41) is 12.5. The van der Waals surface area contributed by atoms with Crippen molar-refractivity contribution in [2.24, 2.45) is 0 Å². The maximum absolute atomic E-state index is 13.1. The van der Waals surface area contributed by atoms with E-state index in [-0.39, 0.29) is 17.7 Å². The Morgan fingerprint density at radius 2 is 1.68 bits per heavy atom. The fourth-order valence-electron chi connectivity index (χ4n) is 4.94. The Kier molecular flexibility index (Phi) is 7.73. The second-order valence-corrected chi connectivity index (χ2v) is 10.7. The van der Waals surface area contributed by atoms with Gasteiger partial charge in [-0.25, -0.2) is 4.98 Å². The van der Waals surface area contributed by atoms with Crippen LogP contribution in [-0.4, -0.2) is 65.9 Å². The van der Waals surface area contributed by atoms with Crippen LogP contribution < -0.4 is 4.90 Å². The van der Waals surface area contributed by atoms with E-state index in [2.05, 4.69) is 11.0 Å². The normalized spacial score (nSPS) is 16.5. The number of thiazole rings is 1. The third-order valence-corrected chi connectivity index (χ3v) is 8.54. The Bertz CT molecular complexity index is 1300. The summed E-state index contributed by atoms with van der Waals surface area (Å²) >= 11 is 7.77. The molecule has 37 heavy (non-hydrogen) atoms. The van der Waals surface area contributed by atoms with E-state index in [1.165, 1.54) is 0 Å². The lowest BCUT2D eigenvalue weighted by Crippen LogP contribution is -2.48. The van der Waals surface area contributed by atoms with Crippen LogP contribution in [-0.2, 0) is 11.2 Å². The number of nitriles is 1. The largest absolute Gasteiger partial charge is 0.368 e. The number of carbonyl (C=O) groups is 2. The molecule has 3 heterocycles. The number of carbonyl (C=O) groups excluding carboxylic acids is 2. The molecule has 0 saturated carbocycles. The van der Waals surface area contributed by atoms with Crippen molar-refractivity contribution in [3.8, 4) is 6.07 Å². The van der Waals surface area contributed by atoms with Crippen molar-refractivity contribution in [3.05, 3.63) is 80.8 Å². The second kappa shape index (κ2) is 11.3. The van der Waals surface area contributed by atoms with Gasteiger partial charge in [-0.3, -0.25) is 9.59 Å². The van der Waals surface area contributed by atoms with Gasteiger partial charge in [0.05, 0.1) is 23.1 Å². The number of amides is 2. The highest BCUT2D eigenvalue weighted by Crippen LogP contribution is 2.31. The molecule has 2 aromatic carbocycles. The SMILES string of the molecule is N#Cc1ccc(N2CCN(C(=O)c3csc(C4CCN(C(=O)Cc5ccccc5Cl)CC4)n3)CC2)cc1. The predicted octanol–water partition coefficient (Wildman–Crippen LogP) is 4.58. The number of rotatable bonds is 5. The fraction of sp³-hybridized carbons (Fsp3) is 0.357. The monoisotopic (exact) mass is 533 g/mol. The van der Waals surface area contributed by atoms with Crippen LogP contribution in [0.1, 0.15) is 45.4 Å². The molecule has 2 fully saturated rings. The fourth-order valence-corrected chi connectivity index (χ4v) is 6.11. The Morgan fingerprint density at radius 3 is 2.35 bits per heavy atom. The van der Waals surface area contributed by atoms with Crippen molar-refractivity contribution in [2.45, 2.75) is 25.2 Å². The molecule has 9 heteroatoms. The summed E-state index contributed by atoms with van der Waals surface area (Å²) in [5.74, 6) is 0.347.